The summed E-state index contributed by atoms with van der Waals surface area (Å²) in [7, 11) is 1.90. The zero-order valence-electron chi connectivity index (χ0n) is 10.9. The van der Waals surface area contributed by atoms with E-state index in [1.54, 1.807) is 0 Å². The molecule has 1 atom stereocenters. The van der Waals surface area contributed by atoms with Gasteiger partial charge >= 0.3 is 0 Å². The fourth-order valence-corrected chi connectivity index (χ4v) is 1.99. The second-order valence-electron chi connectivity index (χ2n) is 4.25. The predicted molar refractivity (Wildman–Crippen MR) is 86.0 cm³/mol. The van der Waals surface area contributed by atoms with Crippen molar-refractivity contribution in [1.29, 1.82) is 0 Å². The summed E-state index contributed by atoms with van der Waals surface area (Å²) < 4.78 is 0. The van der Waals surface area contributed by atoms with Gasteiger partial charge in [0.1, 0.15) is 0 Å². The van der Waals surface area contributed by atoms with Crippen molar-refractivity contribution in [3.05, 3.63) is 71.8 Å². The lowest BCUT2D eigenvalue weighted by molar-refractivity contribution is 0.372. The van der Waals surface area contributed by atoms with Crippen molar-refractivity contribution in [2.24, 2.45) is 5.73 Å². The molecule has 1 unspecified atom stereocenters. The van der Waals surface area contributed by atoms with E-state index in [2.05, 4.69) is 29.6 Å². The molecule has 19 heavy (non-hydrogen) atoms. The van der Waals surface area contributed by atoms with Gasteiger partial charge in [-0.2, -0.15) is 0 Å². The third kappa shape index (κ3) is 4.51. The van der Waals surface area contributed by atoms with Gasteiger partial charge in [-0.25, -0.2) is 0 Å². The molecule has 0 spiro atoms. The Balaban J connectivity index is 0.00000162. The molecule has 0 aromatic heterocycles. The number of rotatable bonds is 4. The quantitative estimate of drug-likeness (QED) is 0.851. The molecule has 4 heteroatoms. The van der Waals surface area contributed by atoms with Gasteiger partial charge in [-0.1, -0.05) is 60.7 Å². The van der Waals surface area contributed by atoms with Gasteiger partial charge in [-0.05, 0) is 18.2 Å². The van der Waals surface area contributed by atoms with E-state index in [1.807, 2.05) is 43.4 Å². The highest BCUT2D eigenvalue weighted by Crippen LogP contribution is 2.19. The summed E-state index contributed by atoms with van der Waals surface area (Å²) in [4.78, 5) is 0. The Labute approximate surface area is 127 Å². The number of hydrogen-bond donors (Lipinski definition) is 2. The molecule has 0 aliphatic carbocycles. The summed E-state index contributed by atoms with van der Waals surface area (Å²) in [6.07, 6.45) is 0.772. The van der Waals surface area contributed by atoms with Crippen LogP contribution in [0.15, 0.2) is 60.7 Å². The van der Waals surface area contributed by atoms with Crippen LogP contribution in [0.5, 0.6) is 0 Å². The number of nitrogens with one attached hydrogen (secondary N) is 1. The maximum atomic E-state index is 6.44. The van der Waals surface area contributed by atoms with Crippen LogP contribution in [0, 0.1) is 0 Å². The van der Waals surface area contributed by atoms with Gasteiger partial charge in [0.2, 0.25) is 0 Å². The molecule has 2 rings (SSSR count). The van der Waals surface area contributed by atoms with Crippen LogP contribution in [0.2, 0.25) is 0 Å². The van der Waals surface area contributed by atoms with Crippen molar-refractivity contribution >= 4 is 24.8 Å². The lowest BCUT2D eigenvalue weighted by Gasteiger charge is -2.30. The van der Waals surface area contributed by atoms with Crippen LogP contribution in [0.25, 0.3) is 0 Å². The average Bonchev–Trinajstić information content (AvgIpc) is 2.41. The SMILES string of the molecule is CNC(N)(Cc1ccccc1)c1ccccc1.Cl.Cl. The van der Waals surface area contributed by atoms with Crippen LogP contribution in [0.4, 0.5) is 0 Å². The Morgan fingerprint density at radius 2 is 1.37 bits per heavy atom. The van der Waals surface area contributed by atoms with Crippen LogP contribution >= 0.6 is 24.8 Å². The Morgan fingerprint density at radius 1 is 0.895 bits per heavy atom. The van der Waals surface area contributed by atoms with Crippen LogP contribution in [0.1, 0.15) is 11.1 Å². The maximum Gasteiger partial charge on any atom is 0.0963 e. The molecule has 2 aromatic carbocycles. The predicted octanol–water partition coefficient (Wildman–Crippen LogP) is 3.10. The number of likely N-dealkylation sites (N-methyl/N-ethyl adjacent to an activating group) is 1. The summed E-state index contributed by atoms with van der Waals surface area (Å²) in [6, 6.07) is 20.4. The highest BCUT2D eigenvalue weighted by Gasteiger charge is 2.24. The molecule has 0 radical (unpaired) electrons. The second kappa shape index (κ2) is 8.18. The standard InChI is InChI=1S/C15H18N2.2ClH/c1-17-15(16,14-10-6-3-7-11-14)12-13-8-4-2-5-9-13;;/h2-11,17H,12,16H2,1H3;2*1H. The molecule has 3 N–H and O–H groups in total. The fourth-order valence-electron chi connectivity index (χ4n) is 1.99. The third-order valence-corrected chi connectivity index (χ3v) is 3.06. The van der Waals surface area contributed by atoms with E-state index in [9.17, 15) is 0 Å². The lowest BCUT2D eigenvalue weighted by Crippen LogP contribution is -2.50. The maximum absolute atomic E-state index is 6.44. The van der Waals surface area contributed by atoms with Crippen LogP contribution in [0.3, 0.4) is 0 Å². The molecule has 0 heterocycles. The fraction of sp³-hybridized carbons (Fsp3) is 0.200. The molecule has 0 aliphatic rings. The molecular formula is C15H20Cl2N2. The van der Waals surface area contributed by atoms with E-state index in [4.69, 9.17) is 5.73 Å². The van der Waals surface area contributed by atoms with Crippen LogP contribution in [-0.2, 0) is 12.1 Å². The van der Waals surface area contributed by atoms with E-state index in [1.165, 1.54) is 5.56 Å². The van der Waals surface area contributed by atoms with Crippen molar-refractivity contribution in [1.82, 2.24) is 5.32 Å². The summed E-state index contributed by atoms with van der Waals surface area (Å²) in [5, 5.41) is 3.22. The van der Waals surface area contributed by atoms with Gasteiger partial charge < -0.3 is 5.73 Å². The minimum atomic E-state index is -0.511. The summed E-state index contributed by atoms with van der Waals surface area (Å²) >= 11 is 0. The largest absolute Gasteiger partial charge is 0.309 e. The molecule has 0 saturated carbocycles. The minimum Gasteiger partial charge on any atom is -0.309 e. The molecule has 0 saturated heterocycles. The number of benzene rings is 2. The number of halogens is 2. The smallest absolute Gasteiger partial charge is 0.0963 e. The van der Waals surface area contributed by atoms with Crippen molar-refractivity contribution in [2.45, 2.75) is 12.1 Å². The second-order valence-corrected chi connectivity index (χ2v) is 4.25. The average molecular weight is 299 g/mol. The monoisotopic (exact) mass is 298 g/mol. The van der Waals surface area contributed by atoms with Crippen molar-refractivity contribution in [2.75, 3.05) is 7.05 Å². The molecular weight excluding hydrogens is 279 g/mol. The van der Waals surface area contributed by atoms with Crippen molar-refractivity contribution < 1.29 is 0 Å². The van der Waals surface area contributed by atoms with Gasteiger partial charge in [0.25, 0.3) is 0 Å². The highest BCUT2D eigenvalue weighted by molar-refractivity contribution is 5.85. The summed E-state index contributed by atoms with van der Waals surface area (Å²) in [5.41, 5.74) is 8.26. The molecule has 2 nitrogen and oxygen atoms in total. The molecule has 0 aliphatic heterocycles. The van der Waals surface area contributed by atoms with E-state index in [0.29, 0.717) is 0 Å². The van der Waals surface area contributed by atoms with Gasteiger partial charge in [0.05, 0.1) is 5.66 Å². The summed E-state index contributed by atoms with van der Waals surface area (Å²) in [6.45, 7) is 0. The molecule has 104 valence electrons. The van der Waals surface area contributed by atoms with Gasteiger partial charge in [-0.3, -0.25) is 5.32 Å². The number of nitrogens with two attached hydrogens (primary N) is 1. The first-order valence-corrected chi connectivity index (χ1v) is 5.82. The first kappa shape index (κ1) is 17.9. The Hall–Kier alpha value is -1.06. The van der Waals surface area contributed by atoms with Crippen LogP contribution < -0.4 is 11.1 Å². The van der Waals surface area contributed by atoms with Gasteiger partial charge in [0, 0.05) is 6.42 Å². The van der Waals surface area contributed by atoms with Crippen LogP contribution in [-0.4, -0.2) is 7.05 Å². The van der Waals surface area contributed by atoms with Gasteiger partial charge in [0.15, 0.2) is 0 Å². The molecule has 0 amide bonds. The van der Waals surface area contributed by atoms with E-state index < -0.39 is 5.66 Å². The first-order chi connectivity index (χ1) is 8.24. The number of hydrogen-bond acceptors (Lipinski definition) is 2. The normalized spacial score (nSPS) is 12.7. The van der Waals surface area contributed by atoms with E-state index in [-0.39, 0.29) is 24.8 Å². The molecule has 0 bridgehead atoms. The van der Waals surface area contributed by atoms with E-state index >= 15 is 0 Å². The summed E-state index contributed by atoms with van der Waals surface area (Å²) in [5.74, 6) is 0. The van der Waals surface area contributed by atoms with E-state index in [0.717, 1.165) is 12.0 Å². The Bertz CT molecular complexity index is 462. The van der Waals surface area contributed by atoms with Gasteiger partial charge in [-0.15, -0.1) is 24.8 Å². The van der Waals surface area contributed by atoms with Crippen molar-refractivity contribution in [3.8, 4) is 0 Å². The Kier molecular flexibility index (Phi) is 7.72. The topological polar surface area (TPSA) is 38.0 Å². The van der Waals surface area contributed by atoms with Crippen molar-refractivity contribution in [3.63, 3.8) is 0 Å². The minimum absolute atomic E-state index is 0. The molecule has 0 fully saturated rings. The molecule has 2 aromatic rings. The first-order valence-electron chi connectivity index (χ1n) is 5.82. The lowest BCUT2D eigenvalue weighted by atomic mass is 9.93. The Morgan fingerprint density at radius 3 is 1.84 bits per heavy atom. The highest BCUT2D eigenvalue weighted by atomic mass is 35.5. The zero-order chi connectivity index (χ0) is 12.1. The third-order valence-electron chi connectivity index (χ3n) is 3.06. The zero-order valence-corrected chi connectivity index (χ0v) is 12.5.